The SMILES string of the molecule is CCOC(=O)c1cc(OC)c(C#N)cc1N. The maximum Gasteiger partial charge on any atom is 0.340 e. The predicted molar refractivity (Wildman–Crippen MR) is 58.1 cm³/mol. The van der Waals surface area contributed by atoms with Crippen LogP contribution in [0, 0.1) is 11.3 Å². The number of esters is 1. The molecule has 0 fully saturated rings. The third-order valence-electron chi connectivity index (χ3n) is 1.99. The van der Waals surface area contributed by atoms with Gasteiger partial charge in [-0.1, -0.05) is 0 Å². The van der Waals surface area contributed by atoms with Crippen LogP contribution in [0.4, 0.5) is 5.69 Å². The average Bonchev–Trinajstić information content (AvgIpc) is 2.28. The van der Waals surface area contributed by atoms with Crippen LogP contribution in [0.15, 0.2) is 12.1 Å². The molecule has 0 unspecified atom stereocenters. The highest BCUT2D eigenvalue weighted by Gasteiger charge is 2.15. The summed E-state index contributed by atoms with van der Waals surface area (Å²) in [6.45, 7) is 1.97. The number of carbonyl (C=O) groups is 1. The van der Waals surface area contributed by atoms with Gasteiger partial charge in [-0.15, -0.1) is 0 Å². The van der Waals surface area contributed by atoms with Crippen LogP contribution in [0.25, 0.3) is 0 Å². The van der Waals surface area contributed by atoms with E-state index in [0.717, 1.165) is 0 Å². The van der Waals surface area contributed by atoms with Gasteiger partial charge in [-0.25, -0.2) is 4.79 Å². The summed E-state index contributed by atoms with van der Waals surface area (Å²) in [6.07, 6.45) is 0. The first-order valence-electron chi connectivity index (χ1n) is 4.68. The first-order chi connectivity index (χ1) is 7.63. The fourth-order valence-electron chi connectivity index (χ4n) is 1.24. The Balaban J connectivity index is 3.22. The van der Waals surface area contributed by atoms with Crippen molar-refractivity contribution in [3.63, 3.8) is 0 Å². The Morgan fingerprint density at radius 3 is 2.75 bits per heavy atom. The number of rotatable bonds is 3. The van der Waals surface area contributed by atoms with Crippen LogP contribution in [-0.4, -0.2) is 19.7 Å². The molecule has 1 rings (SSSR count). The molecule has 1 aromatic rings. The number of hydrogen-bond donors (Lipinski definition) is 1. The van der Waals surface area contributed by atoms with Crippen LogP contribution >= 0.6 is 0 Å². The third-order valence-corrected chi connectivity index (χ3v) is 1.99. The van der Waals surface area contributed by atoms with E-state index in [-0.39, 0.29) is 23.4 Å². The third kappa shape index (κ3) is 2.23. The van der Waals surface area contributed by atoms with Gasteiger partial charge < -0.3 is 15.2 Å². The highest BCUT2D eigenvalue weighted by molar-refractivity contribution is 5.96. The van der Waals surface area contributed by atoms with E-state index in [1.54, 1.807) is 6.92 Å². The van der Waals surface area contributed by atoms with Gasteiger partial charge in [0.2, 0.25) is 0 Å². The summed E-state index contributed by atoms with van der Waals surface area (Å²) in [5.74, 6) is -0.220. The molecule has 5 nitrogen and oxygen atoms in total. The maximum atomic E-state index is 11.5. The van der Waals surface area contributed by atoms with Crippen molar-refractivity contribution < 1.29 is 14.3 Å². The van der Waals surface area contributed by atoms with E-state index < -0.39 is 5.97 Å². The number of nitriles is 1. The van der Waals surface area contributed by atoms with Crippen molar-refractivity contribution in [2.24, 2.45) is 0 Å². The van der Waals surface area contributed by atoms with E-state index in [9.17, 15) is 4.79 Å². The number of ether oxygens (including phenoxy) is 2. The molecule has 84 valence electrons. The van der Waals surface area contributed by atoms with Crippen molar-refractivity contribution in [3.8, 4) is 11.8 Å². The zero-order chi connectivity index (χ0) is 12.1. The zero-order valence-corrected chi connectivity index (χ0v) is 9.11. The topological polar surface area (TPSA) is 85.3 Å². The lowest BCUT2D eigenvalue weighted by Crippen LogP contribution is -2.09. The highest BCUT2D eigenvalue weighted by Crippen LogP contribution is 2.25. The van der Waals surface area contributed by atoms with Crippen LogP contribution in [0.3, 0.4) is 0 Å². The van der Waals surface area contributed by atoms with Crippen molar-refractivity contribution in [2.75, 3.05) is 19.5 Å². The van der Waals surface area contributed by atoms with Gasteiger partial charge in [-0.05, 0) is 19.1 Å². The second-order valence-corrected chi connectivity index (χ2v) is 2.97. The molecule has 0 spiro atoms. The molecule has 0 aliphatic heterocycles. The van der Waals surface area contributed by atoms with E-state index in [1.165, 1.54) is 19.2 Å². The lowest BCUT2D eigenvalue weighted by atomic mass is 10.1. The number of hydrogen-bond acceptors (Lipinski definition) is 5. The lowest BCUT2D eigenvalue weighted by molar-refractivity contribution is 0.0527. The zero-order valence-electron chi connectivity index (χ0n) is 9.11. The summed E-state index contributed by atoms with van der Waals surface area (Å²) in [5, 5.41) is 8.81. The van der Waals surface area contributed by atoms with Crippen LogP contribution in [-0.2, 0) is 4.74 Å². The van der Waals surface area contributed by atoms with Crippen molar-refractivity contribution >= 4 is 11.7 Å². The molecule has 2 N–H and O–H groups in total. The van der Waals surface area contributed by atoms with Crippen LogP contribution in [0.1, 0.15) is 22.8 Å². The van der Waals surface area contributed by atoms with Crippen molar-refractivity contribution in [1.82, 2.24) is 0 Å². The minimum absolute atomic E-state index is 0.204. The first kappa shape index (κ1) is 11.9. The fraction of sp³-hybridized carbons (Fsp3) is 0.273. The first-order valence-corrected chi connectivity index (χ1v) is 4.68. The molecule has 0 aromatic heterocycles. The Bertz CT molecular complexity index is 449. The number of carbonyl (C=O) groups excluding carboxylic acids is 1. The minimum Gasteiger partial charge on any atom is -0.495 e. The molecule has 1 aromatic carbocycles. The molecule has 0 amide bonds. The molecule has 0 atom stereocenters. The molecule has 0 saturated carbocycles. The van der Waals surface area contributed by atoms with E-state index in [4.69, 9.17) is 20.5 Å². The fourth-order valence-corrected chi connectivity index (χ4v) is 1.24. The number of nitrogens with zero attached hydrogens (tertiary/aromatic N) is 1. The molecule has 0 radical (unpaired) electrons. The second kappa shape index (κ2) is 5.03. The van der Waals surface area contributed by atoms with E-state index >= 15 is 0 Å². The van der Waals surface area contributed by atoms with Crippen molar-refractivity contribution in [1.29, 1.82) is 5.26 Å². The largest absolute Gasteiger partial charge is 0.495 e. The standard InChI is InChI=1S/C11H12N2O3/c1-3-16-11(14)8-5-10(15-2)7(6-12)4-9(8)13/h4-5H,3,13H2,1-2H3. The van der Waals surface area contributed by atoms with Gasteiger partial charge in [0.25, 0.3) is 0 Å². The number of nitrogens with two attached hydrogens (primary N) is 1. The maximum absolute atomic E-state index is 11.5. The molecule has 5 heteroatoms. The predicted octanol–water partition coefficient (Wildman–Crippen LogP) is 1.33. The molecule has 0 aliphatic carbocycles. The van der Waals surface area contributed by atoms with Gasteiger partial charge in [0.15, 0.2) is 0 Å². The summed E-state index contributed by atoms with van der Waals surface area (Å²) < 4.78 is 9.80. The molecule has 0 bridgehead atoms. The van der Waals surface area contributed by atoms with E-state index in [2.05, 4.69) is 0 Å². The second-order valence-electron chi connectivity index (χ2n) is 2.97. The van der Waals surface area contributed by atoms with Crippen LogP contribution in [0.2, 0.25) is 0 Å². The quantitative estimate of drug-likeness (QED) is 0.613. The van der Waals surface area contributed by atoms with Gasteiger partial charge in [0.1, 0.15) is 11.8 Å². The van der Waals surface area contributed by atoms with Gasteiger partial charge in [0, 0.05) is 5.69 Å². The Morgan fingerprint density at radius 2 is 2.25 bits per heavy atom. The molecular formula is C11H12N2O3. The molecule has 0 aliphatic rings. The Labute approximate surface area is 93.4 Å². The van der Waals surface area contributed by atoms with Crippen LogP contribution < -0.4 is 10.5 Å². The Hall–Kier alpha value is -2.22. The number of methoxy groups -OCH3 is 1. The molecular weight excluding hydrogens is 208 g/mol. The minimum atomic E-state index is -0.525. The van der Waals surface area contributed by atoms with Crippen LogP contribution in [0.5, 0.6) is 5.75 Å². The van der Waals surface area contributed by atoms with Gasteiger partial charge in [0.05, 0.1) is 24.8 Å². The lowest BCUT2D eigenvalue weighted by Gasteiger charge is -2.08. The Morgan fingerprint density at radius 1 is 1.56 bits per heavy atom. The van der Waals surface area contributed by atoms with Crippen molar-refractivity contribution in [3.05, 3.63) is 23.3 Å². The average molecular weight is 220 g/mol. The highest BCUT2D eigenvalue weighted by atomic mass is 16.5. The summed E-state index contributed by atoms with van der Waals surface area (Å²) in [7, 11) is 1.42. The number of anilines is 1. The van der Waals surface area contributed by atoms with Gasteiger partial charge >= 0.3 is 5.97 Å². The Kier molecular flexibility index (Phi) is 3.72. The van der Waals surface area contributed by atoms with E-state index in [0.29, 0.717) is 5.75 Å². The van der Waals surface area contributed by atoms with Crippen molar-refractivity contribution in [2.45, 2.75) is 6.92 Å². The van der Waals surface area contributed by atoms with Gasteiger partial charge in [-0.2, -0.15) is 5.26 Å². The smallest absolute Gasteiger partial charge is 0.340 e. The number of benzene rings is 1. The normalized spacial score (nSPS) is 9.31. The summed E-state index contributed by atoms with van der Waals surface area (Å²) in [5.41, 5.74) is 6.34. The molecule has 0 heterocycles. The summed E-state index contributed by atoms with van der Waals surface area (Å²) >= 11 is 0. The van der Waals surface area contributed by atoms with Gasteiger partial charge in [-0.3, -0.25) is 0 Å². The van der Waals surface area contributed by atoms with E-state index in [1.807, 2.05) is 6.07 Å². The monoisotopic (exact) mass is 220 g/mol. The number of nitrogen functional groups attached to an aromatic ring is 1. The molecule has 0 saturated heterocycles. The summed E-state index contributed by atoms with van der Waals surface area (Å²) in [4.78, 5) is 11.5. The molecule has 16 heavy (non-hydrogen) atoms. The summed E-state index contributed by atoms with van der Waals surface area (Å²) in [6, 6.07) is 4.73.